The Balaban J connectivity index is 2.82. The van der Waals surface area contributed by atoms with Crippen molar-refractivity contribution in [2.45, 2.75) is 38.5 Å². The fraction of sp³-hybridized carbons (Fsp3) is 0.500. The van der Waals surface area contributed by atoms with Gasteiger partial charge in [-0.3, -0.25) is 4.79 Å². The predicted molar refractivity (Wildman–Crippen MR) is 73.9 cm³/mol. The van der Waals surface area contributed by atoms with E-state index in [1.807, 2.05) is 20.8 Å². The second-order valence-corrected chi connectivity index (χ2v) is 7.95. The number of carbonyl (C=O) groups is 1. The van der Waals surface area contributed by atoms with Gasteiger partial charge in [0.25, 0.3) is 0 Å². The number of aliphatic carboxylic acids is 1. The molecule has 0 aliphatic heterocycles. The topological polar surface area (TPSA) is 71.4 Å². The van der Waals surface area contributed by atoms with Crippen molar-refractivity contribution >= 4 is 15.8 Å². The minimum absolute atomic E-state index is 0.0314. The summed E-state index contributed by atoms with van der Waals surface area (Å²) in [5, 5.41) is 8.65. The molecule has 0 aromatic heterocycles. The van der Waals surface area contributed by atoms with Crippen molar-refractivity contribution in [3.63, 3.8) is 0 Å². The maximum absolute atomic E-state index is 12.1. The van der Waals surface area contributed by atoms with Gasteiger partial charge in [0.05, 0.1) is 17.1 Å². The molecule has 0 heterocycles. The van der Waals surface area contributed by atoms with E-state index in [9.17, 15) is 13.2 Å². The van der Waals surface area contributed by atoms with Crippen molar-refractivity contribution in [3.8, 4) is 0 Å². The Kier molecular flexibility index (Phi) is 4.74. The lowest BCUT2D eigenvalue weighted by molar-refractivity contribution is -0.136. The largest absolute Gasteiger partial charge is 0.481 e. The van der Waals surface area contributed by atoms with Gasteiger partial charge in [0, 0.05) is 0 Å². The second kappa shape index (κ2) is 5.74. The fourth-order valence-corrected chi connectivity index (χ4v) is 3.22. The molecule has 0 saturated heterocycles. The summed E-state index contributed by atoms with van der Waals surface area (Å²) < 4.78 is 24.2. The van der Waals surface area contributed by atoms with E-state index in [-0.39, 0.29) is 22.5 Å². The highest BCUT2D eigenvalue weighted by Crippen LogP contribution is 2.22. The molecular weight excluding hydrogens is 264 g/mol. The Morgan fingerprint density at radius 2 is 1.68 bits per heavy atom. The van der Waals surface area contributed by atoms with Crippen molar-refractivity contribution in [1.29, 1.82) is 0 Å². The van der Waals surface area contributed by atoms with E-state index >= 15 is 0 Å². The third kappa shape index (κ3) is 5.42. The van der Waals surface area contributed by atoms with E-state index in [0.29, 0.717) is 12.0 Å². The number of hydrogen-bond donors (Lipinski definition) is 1. The van der Waals surface area contributed by atoms with Gasteiger partial charge in [-0.05, 0) is 29.5 Å². The van der Waals surface area contributed by atoms with Gasteiger partial charge in [0.15, 0.2) is 9.84 Å². The van der Waals surface area contributed by atoms with Crippen molar-refractivity contribution in [2.75, 3.05) is 5.75 Å². The molecule has 0 saturated carbocycles. The van der Waals surface area contributed by atoms with Crippen LogP contribution in [-0.2, 0) is 21.1 Å². The molecule has 0 aliphatic rings. The Bertz CT molecular complexity index is 536. The van der Waals surface area contributed by atoms with E-state index in [2.05, 4.69) is 0 Å². The van der Waals surface area contributed by atoms with E-state index < -0.39 is 15.8 Å². The average Bonchev–Trinajstić information content (AvgIpc) is 2.26. The first-order valence-corrected chi connectivity index (χ1v) is 7.79. The van der Waals surface area contributed by atoms with Gasteiger partial charge in [-0.15, -0.1) is 0 Å². The quantitative estimate of drug-likeness (QED) is 0.902. The van der Waals surface area contributed by atoms with E-state index in [0.717, 1.165) is 0 Å². The minimum atomic E-state index is -3.29. The maximum Gasteiger partial charge on any atom is 0.307 e. The molecule has 0 fully saturated rings. The summed E-state index contributed by atoms with van der Waals surface area (Å²) in [5.74, 6) is -0.822. The zero-order chi connectivity index (χ0) is 14.7. The lowest BCUT2D eigenvalue weighted by Gasteiger charge is -2.17. The van der Waals surface area contributed by atoms with Crippen molar-refractivity contribution in [1.82, 2.24) is 0 Å². The highest BCUT2D eigenvalue weighted by molar-refractivity contribution is 7.91. The summed E-state index contributed by atoms with van der Waals surface area (Å²) in [5.41, 5.74) is 0.568. The Morgan fingerprint density at radius 1 is 1.16 bits per heavy atom. The normalized spacial score (nSPS) is 12.4. The average molecular weight is 284 g/mol. The van der Waals surface area contributed by atoms with E-state index in [4.69, 9.17) is 5.11 Å². The van der Waals surface area contributed by atoms with Gasteiger partial charge in [0.1, 0.15) is 0 Å². The minimum Gasteiger partial charge on any atom is -0.481 e. The first kappa shape index (κ1) is 15.7. The van der Waals surface area contributed by atoms with Crippen LogP contribution in [0.1, 0.15) is 32.8 Å². The molecule has 5 heteroatoms. The van der Waals surface area contributed by atoms with Gasteiger partial charge in [0.2, 0.25) is 0 Å². The third-order valence-electron chi connectivity index (χ3n) is 2.76. The van der Waals surface area contributed by atoms with Crippen LogP contribution in [0.3, 0.4) is 0 Å². The van der Waals surface area contributed by atoms with Gasteiger partial charge in [-0.25, -0.2) is 8.42 Å². The van der Waals surface area contributed by atoms with Crippen LogP contribution >= 0.6 is 0 Å². The first-order valence-electron chi connectivity index (χ1n) is 6.14. The van der Waals surface area contributed by atoms with Gasteiger partial charge >= 0.3 is 5.97 Å². The Labute approximate surface area is 114 Å². The van der Waals surface area contributed by atoms with Crippen LogP contribution in [0.4, 0.5) is 0 Å². The smallest absolute Gasteiger partial charge is 0.307 e. The summed E-state index contributed by atoms with van der Waals surface area (Å²) in [6, 6.07) is 6.07. The van der Waals surface area contributed by atoms with Crippen LogP contribution in [0.15, 0.2) is 29.2 Å². The van der Waals surface area contributed by atoms with E-state index in [1.54, 1.807) is 12.1 Å². The summed E-state index contributed by atoms with van der Waals surface area (Å²) in [6.45, 7) is 6.00. The van der Waals surface area contributed by atoms with Gasteiger partial charge in [-0.1, -0.05) is 32.9 Å². The van der Waals surface area contributed by atoms with Crippen LogP contribution in [0.2, 0.25) is 0 Å². The molecular formula is C14H20O4S. The molecule has 1 rings (SSSR count). The molecule has 0 radical (unpaired) electrons. The molecule has 0 aliphatic carbocycles. The predicted octanol–water partition coefficient (Wildman–Crippen LogP) is 2.52. The molecule has 0 unspecified atom stereocenters. The molecule has 4 nitrogen and oxygen atoms in total. The highest BCUT2D eigenvalue weighted by atomic mass is 32.2. The molecule has 1 aromatic rings. The lowest BCUT2D eigenvalue weighted by Crippen LogP contribution is -2.15. The van der Waals surface area contributed by atoms with Crippen LogP contribution in [0.5, 0.6) is 0 Å². The third-order valence-corrected chi connectivity index (χ3v) is 4.49. The van der Waals surface area contributed by atoms with Gasteiger partial charge < -0.3 is 5.11 Å². The second-order valence-electron chi connectivity index (χ2n) is 5.84. The number of benzene rings is 1. The SMILES string of the molecule is CC(C)(C)CCS(=O)(=O)c1ccc(CC(=O)O)cc1. The zero-order valence-electron chi connectivity index (χ0n) is 11.5. The van der Waals surface area contributed by atoms with Crippen LogP contribution in [0, 0.1) is 5.41 Å². The molecule has 19 heavy (non-hydrogen) atoms. The lowest BCUT2D eigenvalue weighted by atomic mass is 9.94. The molecule has 0 spiro atoms. The maximum atomic E-state index is 12.1. The van der Waals surface area contributed by atoms with Crippen LogP contribution in [-0.4, -0.2) is 25.2 Å². The Hall–Kier alpha value is -1.36. The monoisotopic (exact) mass is 284 g/mol. The highest BCUT2D eigenvalue weighted by Gasteiger charge is 2.19. The Morgan fingerprint density at radius 3 is 2.11 bits per heavy atom. The standard InChI is InChI=1S/C14H20O4S/c1-14(2,3)8-9-19(17,18)12-6-4-11(5-7-12)10-13(15)16/h4-7H,8-10H2,1-3H3,(H,15,16). The first-order chi connectivity index (χ1) is 8.60. The van der Waals surface area contributed by atoms with Crippen molar-refractivity contribution < 1.29 is 18.3 Å². The zero-order valence-corrected chi connectivity index (χ0v) is 12.3. The molecule has 0 atom stereocenters. The summed E-state index contributed by atoms with van der Waals surface area (Å²) in [7, 11) is -3.29. The number of hydrogen-bond acceptors (Lipinski definition) is 3. The summed E-state index contributed by atoms with van der Waals surface area (Å²) >= 11 is 0. The summed E-state index contributed by atoms with van der Waals surface area (Å²) in [6.07, 6.45) is 0.495. The molecule has 1 aromatic carbocycles. The van der Waals surface area contributed by atoms with Gasteiger partial charge in [-0.2, -0.15) is 0 Å². The number of carboxylic acids is 1. The molecule has 1 N–H and O–H groups in total. The number of rotatable bonds is 5. The molecule has 106 valence electrons. The van der Waals surface area contributed by atoms with E-state index in [1.165, 1.54) is 12.1 Å². The fourth-order valence-electron chi connectivity index (χ4n) is 1.55. The number of carboxylic acid groups (broad SMARTS) is 1. The molecule has 0 amide bonds. The molecule has 0 bridgehead atoms. The van der Waals surface area contributed by atoms with Crippen LogP contribution in [0.25, 0.3) is 0 Å². The number of sulfone groups is 1. The van der Waals surface area contributed by atoms with Crippen molar-refractivity contribution in [2.24, 2.45) is 5.41 Å². The van der Waals surface area contributed by atoms with Crippen LogP contribution < -0.4 is 0 Å². The summed E-state index contributed by atoms with van der Waals surface area (Å²) in [4.78, 5) is 10.8. The van der Waals surface area contributed by atoms with Crippen molar-refractivity contribution in [3.05, 3.63) is 29.8 Å².